The Hall–Kier alpha value is -3.64. The maximum absolute atomic E-state index is 2.37. The molecule has 5 aromatic rings. The van der Waals surface area contributed by atoms with Gasteiger partial charge in [0.15, 0.2) is 0 Å². The zero-order valence-corrected chi connectivity index (χ0v) is 43.8. The van der Waals surface area contributed by atoms with Gasteiger partial charge in [-0.1, -0.05) is 222 Å². The van der Waals surface area contributed by atoms with Crippen molar-refractivity contribution < 1.29 is 0 Å². The van der Waals surface area contributed by atoms with Crippen LogP contribution in [0.25, 0.3) is 10.8 Å². The number of hydrogen-bond acceptors (Lipinski definition) is 0. The number of aryl methyl sites for hydroxylation is 2. The van der Waals surface area contributed by atoms with Gasteiger partial charge in [-0.2, -0.15) is 0 Å². The van der Waals surface area contributed by atoms with E-state index in [1.165, 1.54) is 78.0 Å². The molecule has 0 aromatic heterocycles. The molecular weight excluding hydrogens is 757 g/mol. The first kappa shape index (κ1) is 52.0. The van der Waals surface area contributed by atoms with E-state index in [0.29, 0.717) is 17.8 Å². The van der Waals surface area contributed by atoms with E-state index in [0.717, 1.165) is 29.6 Å². The first-order valence-corrected chi connectivity index (χ1v) is 25.4. The van der Waals surface area contributed by atoms with E-state index in [1.54, 1.807) is 33.4 Å². The summed E-state index contributed by atoms with van der Waals surface area (Å²) in [6, 6.07) is 35.9. The predicted octanol–water partition coefficient (Wildman–Crippen LogP) is 18.9. The Morgan fingerprint density at radius 3 is 1.46 bits per heavy atom. The monoisotopic (exact) mass is 849 g/mol. The minimum Gasteiger partial charge on any atom is -0.0625 e. The van der Waals surface area contributed by atoms with Gasteiger partial charge in [-0.3, -0.25) is 0 Å². The topological polar surface area (TPSA) is 0 Å². The molecule has 0 spiro atoms. The summed E-state index contributed by atoms with van der Waals surface area (Å²) >= 11 is 0. The van der Waals surface area contributed by atoms with Gasteiger partial charge in [0, 0.05) is 0 Å². The lowest BCUT2D eigenvalue weighted by molar-refractivity contribution is 0.421. The molecule has 0 amide bonds. The molecule has 2 atom stereocenters. The van der Waals surface area contributed by atoms with Crippen LogP contribution in [0.3, 0.4) is 0 Å². The van der Waals surface area contributed by atoms with Crippen LogP contribution in [0, 0.1) is 23.7 Å². The Labute approximate surface area is 389 Å². The van der Waals surface area contributed by atoms with Gasteiger partial charge in [0.05, 0.1) is 0 Å². The fraction of sp³-hybridized carbons (Fsp3) is 0.556. The van der Waals surface area contributed by atoms with Gasteiger partial charge in [-0.15, -0.1) is 0 Å². The van der Waals surface area contributed by atoms with Crippen LogP contribution < -0.4 is 0 Å². The highest BCUT2D eigenvalue weighted by Gasteiger charge is 2.31. The summed E-state index contributed by atoms with van der Waals surface area (Å²) in [4.78, 5) is 0. The van der Waals surface area contributed by atoms with Crippen LogP contribution in [0.15, 0.2) is 97.1 Å². The third-order valence-corrected chi connectivity index (χ3v) is 13.6. The van der Waals surface area contributed by atoms with Gasteiger partial charge in [0.25, 0.3) is 0 Å². The largest absolute Gasteiger partial charge is 0.0625 e. The lowest BCUT2D eigenvalue weighted by Crippen LogP contribution is -2.22. The van der Waals surface area contributed by atoms with Crippen molar-refractivity contribution in [1.82, 2.24) is 0 Å². The minimum atomic E-state index is 0.274. The fourth-order valence-electron chi connectivity index (χ4n) is 10.7. The second kappa shape index (κ2) is 23.0. The molecule has 2 unspecified atom stereocenters. The van der Waals surface area contributed by atoms with E-state index >= 15 is 0 Å². The lowest BCUT2D eigenvalue weighted by atomic mass is 9.70. The van der Waals surface area contributed by atoms with Crippen LogP contribution in [0.5, 0.6) is 0 Å². The molecule has 0 bridgehead atoms. The summed E-state index contributed by atoms with van der Waals surface area (Å²) < 4.78 is 0. The molecule has 7 rings (SSSR count). The molecule has 0 fully saturated rings. The van der Waals surface area contributed by atoms with Crippen molar-refractivity contribution in [2.75, 3.05) is 0 Å². The molecule has 0 heteroatoms. The van der Waals surface area contributed by atoms with Crippen molar-refractivity contribution in [2.45, 2.75) is 204 Å². The van der Waals surface area contributed by atoms with Crippen LogP contribution in [-0.2, 0) is 36.5 Å². The quantitative estimate of drug-likeness (QED) is 0.146. The molecule has 344 valence electrons. The summed E-state index contributed by atoms with van der Waals surface area (Å²) in [5.74, 6) is 5.79. The Morgan fingerprint density at radius 1 is 0.460 bits per heavy atom. The van der Waals surface area contributed by atoms with Gasteiger partial charge in [-0.25, -0.2) is 0 Å². The van der Waals surface area contributed by atoms with Crippen molar-refractivity contribution in [1.29, 1.82) is 0 Å². The third-order valence-electron chi connectivity index (χ3n) is 13.6. The molecule has 0 aliphatic heterocycles. The standard InChI is InChI=1S/C17H26.C17H22.C16H24.C13H20/c1-12(2)14-10-6-8-13-9-7-11-15(16(13)14)17(3,4)5;1-12(2)11-15-10-9-14-7-5-6-8-16(14)17(15)13(3)4;1-11(2)13-10-9-12-7-6-8-14(15(12)13)16(3,4)5;1-10(2)9-12-7-5-6-8-13(12)11(3)4/h7,9,11-12,14H,6,8,10H2,1-5H3;5-10,12-13H,11H2,1-4H3;6-8,11,13H,9-10H2,1-5H3;5-8,10-11H,9H2,1-4H3. The van der Waals surface area contributed by atoms with Crippen molar-refractivity contribution in [3.63, 3.8) is 0 Å². The minimum absolute atomic E-state index is 0.274. The smallest absolute Gasteiger partial charge is 0.0129 e. The maximum atomic E-state index is 2.37. The molecule has 0 heterocycles. The molecule has 0 radical (unpaired) electrons. The zero-order chi connectivity index (χ0) is 46.8. The third kappa shape index (κ3) is 14.2. The normalized spacial score (nSPS) is 16.1. The second-order valence-corrected chi connectivity index (χ2v) is 23.5. The Morgan fingerprint density at radius 2 is 0.952 bits per heavy atom. The lowest BCUT2D eigenvalue weighted by Gasteiger charge is -2.34. The Balaban J connectivity index is 0.000000185. The molecule has 0 nitrogen and oxygen atoms in total. The van der Waals surface area contributed by atoms with Crippen molar-refractivity contribution >= 4 is 10.8 Å². The molecule has 2 aliphatic rings. The van der Waals surface area contributed by atoms with E-state index in [4.69, 9.17) is 0 Å². The number of fused-ring (bicyclic) bond motifs is 3. The molecular formula is C63H92. The van der Waals surface area contributed by atoms with E-state index in [1.807, 2.05) is 0 Å². The molecule has 0 N–H and O–H groups in total. The Bertz CT molecular complexity index is 2150. The van der Waals surface area contributed by atoms with Crippen LogP contribution >= 0.6 is 0 Å². The average molecular weight is 849 g/mol. The van der Waals surface area contributed by atoms with Crippen molar-refractivity contribution in [3.05, 3.63) is 153 Å². The second-order valence-electron chi connectivity index (χ2n) is 23.5. The zero-order valence-electron chi connectivity index (χ0n) is 43.8. The molecule has 63 heavy (non-hydrogen) atoms. The van der Waals surface area contributed by atoms with Gasteiger partial charge in [0.1, 0.15) is 0 Å². The SMILES string of the molecule is CC(C)C1CCCc2cccc(C(C)(C)C)c21.CC(C)C1CCc2cccc(C(C)(C)C)c21.CC(C)Cc1ccc2ccccc2c1C(C)C.CC(C)Cc1ccccc1C(C)C. The van der Waals surface area contributed by atoms with E-state index in [9.17, 15) is 0 Å². The van der Waals surface area contributed by atoms with E-state index < -0.39 is 0 Å². The summed E-state index contributed by atoms with van der Waals surface area (Å²) in [7, 11) is 0. The van der Waals surface area contributed by atoms with Gasteiger partial charge >= 0.3 is 0 Å². The van der Waals surface area contributed by atoms with Crippen LogP contribution in [-0.4, -0.2) is 0 Å². The van der Waals surface area contributed by atoms with E-state index in [-0.39, 0.29) is 10.8 Å². The first-order valence-electron chi connectivity index (χ1n) is 25.4. The maximum Gasteiger partial charge on any atom is -0.0129 e. The van der Waals surface area contributed by atoms with E-state index in [2.05, 4.69) is 222 Å². The molecule has 0 saturated heterocycles. The summed E-state index contributed by atoms with van der Waals surface area (Å²) in [6.45, 7) is 41.7. The summed E-state index contributed by atoms with van der Waals surface area (Å²) in [6.07, 6.45) is 9.03. The van der Waals surface area contributed by atoms with Crippen LogP contribution in [0.2, 0.25) is 0 Å². The van der Waals surface area contributed by atoms with Gasteiger partial charge < -0.3 is 0 Å². The number of benzene rings is 5. The highest BCUT2D eigenvalue weighted by molar-refractivity contribution is 5.87. The molecule has 5 aromatic carbocycles. The fourth-order valence-corrected chi connectivity index (χ4v) is 10.7. The van der Waals surface area contributed by atoms with Crippen molar-refractivity contribution in [3.8, 4) is 0 Å². The highest BCUT2D eigenvalue weighted by atomic mass is 14.4. The molecule has 0 saturated carbocycles. The van der Waals surface area contributed by atoms with Crippen LogP contribution in [0.1, 0.15) is 223 Å². The van der Waals surface area contributed by atoms with Gasteiger partial charge in [-0.05, 0) is 170 Å². The average Bonchev–Trinajstić information content (AvgIpc) is 3.65. The summed E-state index contributed by atoms with van der Waals surface area (Å²) in [5.41, 5.74) is 16.4. The van der Waals surface area contributed by atoms with Gasteiger partial charge in [0.2, 0.25) is 0 Å². The Kier molecular flexibility index (Phi) is 19.0. The van der Waals surface area contributed by atoms with Crippen LogP contribution in [0.4, 0.5) is 0 Å². The molecule has 2 aliphatic carbocycles. The number of rotatable bonds is 8. The summed E-state index contributed by atoms with van der Waals surface area (Å²) in [5, 5.41) is 2.80. The first-order chi connectivity index (χ1) is 29.5. The predicted molar refractivity (Wildman–Crippen MR) is 282 cm³/mol. The number of hydrogen-bond donors (Lipinski definition) is 0. The van der Waals surface area contributed by atoms with Crippen molar-refractivity contribution in [2.24, 2.45) is 23.7 Å². The highest BCUT2D eigenvalue weighted by Crippen LogP contribution is 2.44.